The minimum Gasteiger partial charge on any atom is -0.390 e. The van der Waals surface area contributed by atoms with Crippen LogP contribution in [0, 0.1) is 12.3 Å². The number of aliphatic hydroxyl groups is 1. The molecule has 2 N–H and O–H groups in total. The first-order chi connectivity index (χ1) is 7.20. The zero-order chi connectivity index (χ0) is 11.1. The van der Waals surface area contributed by atoms with E-state index in [0.717, 1.165) is 38.6 Å². The summed E-state index contributed by atoms with van der Waals surface area (Å²) >= 11 is 0. The summed E-state index contributed by atoms with van der Waals surface area (Å²) in [5.41, 5.74) is -0.475. The van der Waals surface area contributed by atoms with Crippen LogP contribution >= 0.6 is 0 Å². The first-order valence-electron chi connectivity index (χ1n) is 6.09. The molecule has 1 saturated carbocycles. The highest BCUT2D eigenvalue weighted by molar-refractivity contribution is 4.93. The fourth-order valence-corrected chi connectivity index (χ4v) is 2.26. The number of nitrogens with one attached hydrogen (secondary N) is 1. The van der Waals surface area contributed by atoms with E-state index in [1.54, 1.807) is 0 Å². The van der Waals surface area contributed by atoms with Crippen molar-refractivity contribution in [2.45, 2.75) is 63.5 Å². The zero-order valence-electron chi connectivity index (χ0n) is 9.76. The monoisotopic (exact) mass is 209 g/mol. The van der Waals surface area contributed by atoms with E-state index in [1.807, 2.05) is 0 Å². The van der Waals surface area contributed by atoms with Crippen molar-refractivity contribution < 1.29 is 5.11 Å². The molecule has 0 spiro atoms. The van der Waals surface area contributed by atoms with Gasteiger partial charge < -0.3 is 10.4 Å². The highest BCUT2D eigenvalue weighted by Gasteiger charge is 2.31. The van der Waals surface area contributed by atoms with Crippen molar-refractivity contribution in [3.8, 4) is 12.3 Å². The van der Waals surface area contributed by atoms with Crippen LogP contribution in [0.5, 0.6) is 0 Å². The number of terminal acetylenes is 1. The van der Waals surface area contributed by atoms with E-state index in [9.17, 15) is 5.11 Å². The van der Waals surface area contributed by atoms with Crippen LogP contribution in [0.3, 0.4) is 0 Å². The molecular formula is C13H23NO. The maximum Gasteiger partial charge on any atom is 0.0658 e. The van der Waals surface area contributed by atoms with Gasteiger partial charge in [-0.1, -0.05) is 6.92 Å². The summed E-state index contributed by atoms with van der Waals surface area (Å²) in [5.74, 6) is 2.61. The fourth-order valence-electron chi connectivity index (χ4n) is 2.26. The maximum absolute atomic E-state index is 10.2. The Morgan fingerprint density at radius 1 is 1.47 bits per heavy atom. The summed E-state index contributed by atoms with van der Waals surface area (Å²) in [4.78, 5) is 0. The van der Waals surface area contributed by atoms with Crippen LogP contribution in [0.2, 0.25) is 0 Å². The summed E-state index contributed by atoms with van der Waals surface area (Å²) in [6, 6.07) is 0.607. The van der Waals surface area contributed by atoms with Crippen LogP contribution in [0.15, 0.2) is 0 Å². The van der Waals surface area contributed by atoms with Crippen molar-refractivity contribution in [2.75, 3.05) is 6.54 Å². The molecule has 0 bridgehead atoms. The molecule has 0 unspecified atom stereocenters. The van der Waals surface area contributed by atoms with E-state index >= 15 is 0 Å². The lowest BCUT2D eigenvalue weighted by Gasteiger charge is -2.36. The summed E-state index contributed by atoms with van der Waals surface area (Å²) in [6.45, 7) is 3.27. The molecule has 1 aliphatic rings. The Kier molecular flexibility index (Phi) is 5.14. The average Bonchev–Trinajstić information content (AvgIpc) is 2.26. The molecular weight excluding hydrogens is 186 g/mol. The molecule has 0 amide bonds. The van der Waals surface area contributed by atoms with Crippen molar-refractivity contribution in [2.24, 2.45) is 0 Å². The van der Waals surface area contributed by atoms with Gasteiger partial charge in [-0.2, -0.15) is 0 Å². The third kappa shape index (κ3) is 4.24. The Morgan fingerprint density at radius 2 is 2.13 bits per heavy atom. The summed E-state index contributed by atoms with van der Waals surface area (Å²) < 4.78 is 0. The van der Waals surface area contributed by atoms with E-state index in [0.29, 0.717) is 12.5 Å². The van der Waals surface area contributed by atoms with Crippen LogP contribution in [-0.4, -0.2) is 23.3 Å². The van der Waals surface area contributed by atoms with E-state index in [4.69, 9.17) is 6.42 Å². The Labute approximate surface area is 93.5 Å². The smallest absolute Gasteiger partial charge is 0.0658 e. The van der Waals surface area contributed by atoms with Crippen molar-refractivity contribution in [3.63, 3.8) is 0 Å². The number of hydrogen-bond donors (Lipinski definition) is 2. The van der Waals surface area contributed by atoms with Gasteiger partial charge in [0, 0.05) is 12.5 Å². The second-order valence-corrected chi connectivity index (χ2v) is 4.66. The van der Waals surface area contributed by atoms with Crippen molar-refractivity contribution in [1.82, 2.24) is 5.32 Å². The SMILES string of the molecule is C#CCCC1(O)CCC(NCCC)CC1. The van der Waals surface area contributed by atoms with Crippen LogP contribution < -0.4 is 5.32 Å². The molecule has 0 aromatic rings. The molecule has 15 heavy (non-hydrogen) atoms. The Balaban J connectivity index is 2.25. The van der Waals surface area contributed by atoms with E-state index in [1.165, 1.54) is 6.42 Å². The van der Waals surface area contributed by atoms with Gasteiger partial charge in [0.05, 0.1) is 5.60 Å². The molecule has 2 heteroatoms. The minimum atomic E-state index is -0.475. The molecule has 0 saturated heterocycles. The predicted octanol–water partition coefficient (Wildman–Crippen LogP) is 2.07. The molecule has 0 aliphatic heterocycles. The van der Waals surface area contributed by atoms with Gasteiger partial charge in [-0.05, 0) is 45.1 Å². The zero-order valence-corrected chi connectivity index (χ0v) is 9.76. The summed E-state index contributed by atoms with van der Waals surface area (Å²) in [5, 5.41) is 13.7. The normalized spacial score (nSPS) is 31.1. The average molecular weight is 209 g/mol. The Hall–Kier alpha value is -0.520. The Morgan fingerprint density at radius 3 is 2.67 bits per heavy atom. The standard InChI is InChI=1S/C13H23NO/c1-3-5-8-13(15)9-6-12(7-10-13)14-11-4-2/h1,12,14-15H,4-11H2,2H3. The lowest BCUT2D eigenvalue weighted by molar-refractivity contribution is -0.00961. The maximum atomic E-state index is 10.2. The molecule has 0 aromatic heterocycles. The summed E-state index contributed by atoms with van der Waals surface area (Å²) in [6.07, 6.45) is 11.8. The first-order valence-corrected chi connectivity index (χ1v) is 6.09. The van der Waals surface area contributed by atoms with Gasteiger partial charge in [0.2, 0.25) is 0 Å². The van der Waals surface area contributed by atoms with Gasteiger partial charge in [0.1, 0.15) is 0 Å². The second kappa shape index (κ2) is 6.15. The number of hydrogen-bond acceptors (Lipinski definition) is 2. The summed E-state index contributed by atoms with van der Waals surface area (Å²) in [7, 11) is 0. The fraction of sp³-hybridized carbons (Fsp3) is 0.846. The Bertz CT molecular complexity index is 211. The minimum absolute atomic E-state index is 0.475. The van der Waals surface area contributed by atoms with Crippen LogP contribution in [0.25, 0.3) is 0 Å². The van der Waals surface area contributed by atoms with E-state index in [-0.39, 0.29) is 0 Å². The van der Waals surface area contributed by atoms with Gasteiger partial charge in [-0.3, -0.25) is 0 Å². The topological polar surface area (TPSA) is 32.3 Å². The van der Waals surface area contributed by atoms with Gasteiger partial charge in [0.15, 0.2) is 0 Å². The molecule has 0 heterocycles. The highest BCUT2D eigenvalue weighted by Crippen LogP contribution is 2.31. The van der Waals surface area contributed by atoms with Crippen molar-refractivity contribution in [1.29, 1.82) is 0 Å². The molecule has 86 valence electrons. The second-order valence-electron chi connectivity index (χ2n) is 4.66. The first kappa shape index (κ1) is 12.5. The van der Waals surface area contributed by atoms with Crippen molar-refractivity contribution in [3.05, 3.63) is 0 Å². The van der Waals surface area contributed by atoms with E-state index in [2.05, 4.69) is 18.2 Å². The highest BCUT2D eigenvalue weighted by atomic mass is 16.3. The lowest BCUT2D eigenvalue weighted by Crippen LogP contribution is -2.41. The van der Waals surface area contributed by atoms with Crippen LogP contribution in [0.4, 0.5) is 0 Å². The van der Waals surface area contributed by atoms with Gasteiger partial charge in [0.25, 0.3) is 0 Å². The molecule has 1 fully saturated rings. The van der Waals surface area contributed by atoms with E-state index < -0.39 is 5.60 Å². The molecule has 0 aromatic carbocycles. The predicted molar refractivity (Wildman–Crippen MR) is 63.6 cm³/mol. The van der Waals surface area contributed by atoms with Crippen LogP contribution in [-0.2, 0) is 0 Å². The third-order valence-electron chi connectivity index (χ3n) is 3.33. The molecule has 1 aliphatic carbocycles. The number of rotatable bonds is 5. The lowest BCUT2D eigenvalue weighted by atomic mass is 9.79. The van der Waals surface area contributed by atoms with Crippen LogP contribution in [0.1, 0.15) is 51.9 Å². The van der Waals surface area contributed by atoms with Gasteiger partial charge >= 0.3 is 0 Å². The van der Waals surface area contributed by atoms with Gasteiger partial charge in [-0.15, -0.1) is 12.3 Å². The quantitative estimate of drug-likeness (QED) is 0.679. The third-order valence-corrected chi connectivity index (χ3v) is 3.33. The van der Waals surface area contributed by atoms with Crippen molar-refractivity contribution >= 4 is 0 Å². The largest absolute Gasteiger partial charge is 0.390 e. The molecule has 2 nitrogen and oxygen atoms in total. The molecule has 0 atom stereocenters. The molecule has 0 radical (unpaired) electrons. The molecule has 1 rings (SSSR count). The van der Waals surface area contributed by atoms with Gasteiger partial charge in [-0.25, -0.2) is 0 Å².